The number of anilines is 2. The number of hydrogen-bond donors (Lipinski definition) is 1. The smallest absolute Gasteiger partial charge is 0.190 e. The Labute approximate surface area is 130 Å². The largest absolute Gasteiger partial charge is 0.388 e. The van der Waals surface area contributed by atoms with Gasteiger partial charge in [-0.25, -0.2) is 4.98 Å². The van der Waals surface area contributed by atoms with Crippen molar-refractivity contribution >= 4 is 22.2 Å². The van der Waals surface area contributed by atoms with Crippen LogP contribution in [0.5, 0.6) is 0 Å². The van der Waals surface area contributed by atoms with Crippen molar-refractivity contribution in [2.45, 2.75) is 45.1 Å². The highest BCUT2D eigenvalue weighted by molar-refractivity contribution is 7.15. The Morgan fingerprint density at radius 2 is 2.14 bits per heavy atom. The number of unbranched alkanes of at least 4 members (excludes halogenated alkanes) is 1. The molecule has 112 valence electrons. The van der Waals surface area contributed by atoms with Gasteiger partial charge in [-0.2, -0.15) is 0 Å². The molecular formula is C17H22N2OS. The molecule has 0 aliphatic heterocycles. The van der Waals surface area contributed by atoms with E-state index in [1.54, 1.807) is 11.3 Å². The summed E-state index contributed by atoms with van der Waals surface area (Å²) in [4.78, 5) is 8.18. The number of aliphatic hydroxyl groups is 1. The molecule has 1 aliphatic rings. The van der Waals surface area contributed by atoms with Gasteiger partial charge in [-0.3, -0.25) is 0 Å². The van der Waals surface area contributed by atoms with Crippen LogP contribution >= 0.6 is 11.3 Å². The Morgan fingerprint density at radius 3 is 2.86 bits per heavy atom. The zero-order valence-electron chi connectivity index (χ0n) is 12.5. The topological polar surface area (TPSA) is 36.4 Å². The van der Waals surface area contributed by atoms with Gasteiger partial charge in [0.15, 0.2) is 5.13 Å². The lowest BCUT2D eigenvalue weighted by Gasteiger charge is -2.21. The monoisotopic (exact) mass is 302 g/mol. The number of aryl methyl sites for hydroxylation is 1. The number of para-hydroxylation sites is 1. The summed E-state index contributed by atoms with van der Waals surface area (Å²) in [7, 11) is 0. The fourth-order valence-electron chi connectivity index (χ4n) is 2.76. The van der Waals surface area contributed by atoms with Gasteiger partial charge in [0.2, 0.25) is 0 Å². The molecule has 4 heteroatoms. The van der Waals surface area contributed by atoms with Crippen molar-refractivity contribution in [3.8, 4) is 0 Å². The highest BCUT2D eigenvalue weighted by atomic mass is 32.1. The molecule has 3 nitrogen and oxygen atoms in total. The lowest BCUT2D eigenvalue weighted by molar-refractivity contribution is 0.160. The molecule has 1 aromatic carbocycles. The van der Waals surface area contributed by atoms with E-state index in [0.29, 0.717) is 0 Å². The van der Waals surface area contributed by atoms with Crippen LogP contribution in [0.1, 0.15) is 49.3 Å². The fourth-order valence-corrected chi connectivity index (χ4v) is 3.94. The summed E-state index contributed by atoms with van der Waals surface area (Å²) in [6.45, 7) is 3.18. The zero-order chi connectivity index (χ0) is 14.7. The standard InChI is InChI=1S/C17H22N2OS/c1-2-3-12-19(13-8-5-4-6-9-13)17-18-14-10-7-11-15(20)16(14)21-17/h4-6,8-9,15,20H,2-3,7,10-12H2,1H3. The Kier molecular flexibility index (Phi) is 4.56. The van der Waals surface area contributed by atoms with Crippen LogP contribution in [0.2, 0.25) is 0 Å². The molecule has 2 aromatic rings. The summed E-state index contributed by atoms with van der Waals surface area (Å²) >= 11 is 1.66. The Morgan fingerprint density at radius 1 is 1.33 bits per heavy atom. The van der Waals surface area contributed by atoms with E-state index in [4.69, 9.17) is 4.98 Å². The lowest BCUT2D eigenvalue weighted by Crippen LogP contribution is -2.18. The average molecular weight is 302 g/mol. The summed E-state index contributed by atoms with van der Waals surface area (Å²) in [6, 6.07) is 10.4. The number of rotatable bonds is 5. The summed E-state index contributed by atoms with van der Waals surface area (Å²) in [5.41, 5.74) is 2.29. The summed E-state index contributed by atoms with van der Waals surface area (Å²) in [5.74, 6) is 0. The van der Waals surface area contributed by atoms with Crippen molar-refractivity contribution in [1.82, 2.24) is 4.98 Å². The number of aromatic nitrogens is 1. The Hall–Kier alpha value is -1.39. The van der Waals surface area contributed by atoms with Gasteiger partial charge in [0.1, 0.15) is 0 Å². The van der Waals surface area contributed by atoms with Gasteiger partial charge in [-0.1, -0.05) is 42.9 Å². The molecule has 0 fully saturated rings. The third kappa shape index (κ3) is 3.11. The summed E-state index contributed by atoms with van der Waals surface area (Å²) < 4.78 is 0. The predicted octanol–water partition coefficient (Wildman–Crippen LogP) is 4.45. The van der Waals surface area contributed by atoms with Gasteiger partial charge < -0.3 is 10.0 Å². The van der Waals surface area contributed by atoms with Crippen LogP contribution in [0, 0.1) is 0 Å². The second-order valence-corrected chi connectivity index (χ2v) is 6.57. The van der Waals surface area contributed by atoms with Gasteiger partial charge in [-0.05, 0) is 37.8 Å². The van der Waals surface area contributed by atoms with E-state index in [-0.39, 0.29) is 6.10 Å². The number of aliphatic hydroxyl groups excluding tert-OH is 1. The summed E-state index contributed by atoms with van der Waals surface area (Å²) in [5, 5.41) is 11.2. The van der Waals surface area contributed by atoms with Crippen LogP contribution in [0.25, 0.3) is 0 Å². The van der Waals surface area contributed by atoms with Crippen LogP contribution < -0.4 is 4.90 Å². The van der Waals surface area contributed by atoms with Crippen molar-refractivity contribution in [3.63, 3.8) is 0 Å². The Bertz CT molecular complexity index is 582. The van der Waals surface area contributed by atoms with E-state index in [9.17, 15) is 5.11 Å². The molecule has 0 spiro atoms. The molecule has 1 unspecified atom stereocenters. The molecule has 0 bridgehead atoms. The quantitative estimate of drug-likeness (QED) is 0.886. The van der Waals surface area contributed by atoms with Crippen LogP contribution in [0.4, 0.5) is 10.8 Å². The average Bonchev–Trinajstić information content (AvgIpc) is 2.94. The first-order valence-electron chi connectivity index (χ1n) is 7.80. The van der Waals surface area contributed by atoms with E-state index in [2.05, 4.69) is 36.1 Å². The molecular weight excluding hydrogens is 280 g/mol. The first kappa shape index (κ1) is 14.5. The highest BCUT2D eigenvalue weighted by Crippen LogP contribution is 2.39. The van der Waals surface area contributed by atoms with Crippen LogP contribution in [-0.2, 0) is 6.42 Å². The normalized spacial score (nSPS) is 17.5. The highest BCUT2D eigenvalue weighted by Gasteiger charge is 2.25. The van der Waals surface area contributed by atoms with Gasteiger partial charge in [-0.15, -0.1) is 0 Å². The van der Waals surface area contributed by atoms with Gasteiger partial charge >= 0.3 is 0 Å². The molecule has 1 atom stereocenters. The van der Waals surface area contributed by atoms with Crippen LogP contribution in [-0.4, -0.2) is 16.6 Å². The van der Waals surface area contributed by atoms with Crippen molar-refractivity contribution in [1.29, 1.82) is 0 Å². The maximum Gasteiger partial charge on any atom is 0.190 e. The number of fused-ring (bicyclic) bond motifs is 1. The molecule has 1 heterocycles. The summed E-state index contributed by atoms with van der Waals surface area (Å²) in [6.07, 6.45) is 4.90. The molecule has 1 aliphatic carbocycles. The zero-order valence-corrected chi connectivity index (χ0v) is 13.3. The number of hydrogen-bond acceptors (Lipinski definition) is 4. The first-order valence-corrected chi connectivity index (χ1v) is 8.61. The van der Waals surface area contributed by atoms with E-state index in [0.717, 1.165) is 54.4 Å². The van der Waals surface area contributed by atoms with Gasteiger partial charge in [0.05, 0.1) is 16.7 Å². The predicted molar refractivity (Wildman–Crippen MR) is 88.4 cm³/mol. The molecule has 21 heavy (non-hydrogen) atoms. The minimum absolute atomic E-state index is 0.316. The first-order chi connectivity index (χ1) is 10.3. The van der Waals surface area contributed by atoms with Crippen molar-refractivity contribution in [3.05, 3.63) is 40.9 Å². The van der Waals surface area contributed by atoms with Gasteiger partial charge in [0, 0.05) is 12.2 Å². The van der Waals surface area contributed by atoms with Crippen LogP contribution in [0.15, 0.2) is 30.3 Å². The second kappa shape index (κ2) is 6.58. The number of benzene rings is 1. The molecule has 1 aromatic heterocycles. The van der Waals surface area contributed by atoms with Crippen molar-refractivity contribution < 1.29 is 5.11 Å². The van der Waals surface area contributed by atoms with Crippen LogP contribution in [0.3, 0.4) is 0 Å². The molecule has 0 saturated carbocycles. The third-order valence-corrected chi connectivity index (χ3v) is 5.17. The molecule has 3 rings (SSSR count). The molecule has 0 radical (unpaired) electrons. The SMILES string of the molecule is CCCCN(c1ccccc1)c1nc2c(s1)C(O)CCC2. The number of thiazole rings is 1. The molecule has 0 saturated heterocycles. The Balaban J connectivity index is 1.93. The maximum atomic E-state index is 10.2. The van der Waals surface area contributed by atoms with E-state index < -0.39 is 0 Å². The second-order valence-electron chi connectivity index (χ2n) is 5.56. The maximum absolute atomic E-state index is 10.2. The fraction of sp³-hybridized carbons (Fsp3) is 0.471. The minimum Gasteiger partial charge on any atom is -0.388 e. The van der Waals surface area contributed by atoms with E-state index in [1.807, 2.05) is 6.07 Å². The molecule has 0 amide bonds. The number of nitrogens with zero attached hydrogens (tertiary/aromatic N) is 2. The lowest BCUT2D eigenvalue weighted by atomic mass is 10.0. The van der Waals surface area contributed by atoms with Gasteiger partial charge in [0.25, 0.3) is 0 Å². The van der Waals surface area contributed by atoms with E-state index >= 15 is 0 Å². The van der Waals surface area contributed by atoms with Crippen molar-refractivity contribution in [2.24, 2.45) is 0 Å². The molecule has 1 N–H and O–H groups in total. The van der Waals surface area contributed by atoms with Crippen molar-refractivity contribution in [2.75, 3.05) is 11.4 Å². The third-order valence-electron chi connectivity index (χ3n) is 3.94. The van der Waals surface area contributed by atoms with E-state index in [1.165, 1.54) is 5.69 Å². The minimum atomic E-state index is -0.316.